The molecule has 104 valence electrons. The van der Waals surface area contributed by atoms with Gasteiger partial charge in [-0.1, -0.05) is 0 Å². The first-order chi connectivity index (χ1) is 8.61. The molecule has 1 amide bonds. The lowest BCUT2D eigenvalue weighted by Crippen LogP contribution is -2.27. The van der Waals surface area contributed by atoms with Crippen molar-refractivity contribution in [1.82, 2.24) is 0 Å². The van der Waals surface area contributed by atoms with E-state index in [9.17, 15) is 18.4 Å². The Labute approximate surface area is 109 Å². The Kier molecular flexibility index (Phi) is 4.24. The molecule has 0 saturated carbocycles. The molecule has 6 heteroatoms. The zero-order chi connectivity index (χ0) is 14.8. The molecule has 0 aromatic heterocycles. The highest BCUT2D eigenvalue weighted by Crippen LogP contribution is 2.22. The van der Waals surface area contributed by atoms with Gasteiger partial charge in [0, 0.05) is 0 Å². The van der Waals surface area contributed by atoms with Crippen molar-refractivity contribution in [2.24, 2.45) is 0 Å². The van der Waals surface area contributed by atoms with Crippen LogP contribution in [0.15, 0.2) is 12.1 Å². The van der Waals surface area contributed by atoms with E-state index in [1.807, 2.05) is 0 Å². The molecule has 0 saturated heterocycles. The quantitative estimate of drug-likeness (QED) is 0.837. The third-order valence-electron chi connectivity index (χ3n) is 2.08. The minimum absolute atomic E-state index is 0.305. The molecule has 0 spiro atoms. The number of Topliss-reactive ketones (excluding diaryl/α,β-unsaturated/α-hetero) is 1. The van der Waals surface area contributed by atoms with Gasteiger partial charge in [-0.15, -0.1) is 0 Å². The second kappa shape index (κ2) is 5.34. The number of carbonyl (C=O) groups is 2. The largest absolute Gasteiger partial charge is 0.444 e. The Morgan fingerprint density at radius 3 is 2.26 bits per heavy atom. The van der Waals surface area contributed by atoms with E-state index in [0.29, 0.717) is 0 Å². The fraction of sp³-hybridized carbons (Fsp3) is 0.385. The summed E-state index contributed by atoms with van der Waals surface area (Å²) in [6.07, 6.45) is -0.882. The van der Waals surface area contributed by atoms with Crippen molar-refractivity contribution >= 4 is 17.6 Å². The number of anilines is 1. The lowest BCUT2D eigenvalue weighted by molar-refractivity contribution is 0.0634. The predicted octanol–water partition coefficient (Wildman–Crippen LogP) is 3.51. The number of carbonyl (C=O) groups excluding carboxylic acids is 2. The van der Waals surface area contributed by atoms with Crippen LogP contribution in [0, 0.1) is 11.6 Å². The number of ether oxygens (including phenoxy) is 1. The summed E-state index contributed by atoms with van der Waals surface area (Å²) in [4.78, 5) is 22.6. The Hall–Kier alpha value is -1.98. The number of benzene rings is 1. The molecule has 0 unspecified atom stereocenters. The second-order valence-corrected chi connectivity index (χ2v) is 4.97. The van der Waals surface area contributed by atoms with E-state index in [2.05, 4.69) is 5.32 Å². The number of nitrogens with one attached hydrogen (secondary N) is 1. The van der Waals surface area contributed by atoms with Crippen molar-refractivity contribution < 1.29 is 23.1 Å². The summed E-state index contributed by atoms with van der Waals surface area (Å²) in [5.41, 5.74) is -1.74. The van der Waals surface area contributed by atoms with Crippen molar-refractivity contribution in [1.29, 1.82) is 0 Å². The Morgan fingerprint density at radius 1 is 1.21 bits per heavy atom. The molecule has 0 fully saturated rings. The van der Waals surface area contributed by atoms with E-state index in [4.69, 9.17) is 4.74 Å². The third-order valence-corrected chi connectivity index (χ3v) is 2.08. The van der Waals surface area contributed by atoms with Crippen LogP contribution >= 0.6 is 0 Å². The SMILES string of the molecule is CC(=O)c1c(F)ccc(NC(=O)OC(C)(C)C)c1F. The molecule has 0 heterocycles. The first-order valence-electron chi connectivity index (χ1n) is 5.61. The van der Waals surface area contributed by atoms with E-state index >= 15 is 0 Å². The molecule has 1 rings (SSSR count). The smallest absolute Gasteiger partial charge is 0.412 e. The Bertz CT molecular complexity index is 521. The molecule has 0 atom stereocenters. The lowest BCUT2D eigenvalue weighted by Gasteiger charge is -2.20. The first kappa shape index (κ1) is 15.1. The predicted molar refractivity (Wildman–Crippen MR) is 66.2 cm³/mol. The van der Waals surface area contributed by atoms with Crippen LogP contribution in [-0.4, -0.2) is 17.5 Å². The average Bonchev–Trinajstić information content (AvgIpc) is 2.19. The average molecular weight is 271 g/mol. The number of hydrogen-bond acceptors (Lipinski definition) is 3. The number of hydrogen-bond donors (Lipinski definition) is 1. The minimum atomic E-state index is -1.11. The molecule has 0 aliphatic carbocycles. The van der Waals surface area contributed by atoms with Crippen molar-refractivity contribution in [3.05, 3.63) is 29.3 Å². The van der Waals surface area contributed by atoms with E-state index in [1.165, 1.54) is 0 Å². The molecular weight excluding hydrogens is 256 g/mol. The van der Waals surface area contributed by atoms with Crippen LogP contribution in [0.4, 0.5) is 19.3 Å². The van der Waals surface area contributed by atoms with Gasteiger partial charge in [-0.2, -0.15) is 0 Å². The summed E-state index contributed by atoms with van der Waals surface area (Å²) in [5.74, 6) is -2.85. The van der Waals surface area contributed by atoms with E-state index < -0.39 is 34.7 Å². The van der Waals surface area contributed by atoms with Gasteiger partial charge in [0.2, 0.25) is 0 Å². The van der Waals surface area contributed by atoms with Crippen molar-refractivity contribution in [3.63, 3.8) is 0 Å². The highest BCUT2D eigenvalue weighted by Gasteiger charge is 2.21. The van der Waals surface area contributed by atoms with E-state index in [0.717, 1.165) is 19.1 Å². The maximum absolute atomic E-state index is 13.8. The van der Waals surface area contributed by atoms with Crippen LogP contribution in [0.25, 0.3) is 0 Å². The highest BCUT2D eigenvalue weighted by molar-refractivity contribution is 5.96. The van der Waals surface area contributed by atoms with Gasteiger partial charge in [0.05, 0.1) is 11.3 Å². The molecular formula is C13H15F2NO3. The molecule has 0 aliphatic rings. The van der Waals surface area contributed by atoms with Gasteiger partial charge in [-0.3, -0.25) is 10.1 Å². The summed E-state index contributed by atoms with van der Waals surface area (Å²) in [6, 6.07) is 1.94. The topological polar surface area (TPSA) is 55.4 Å². The molecule has 1 aromatic carbocycles. The van der Waals surface area contributed by atoms with Crippen molar-refractivity contribution in [2.45, 2.75) is 33.3 Å². The van der Waals surface area contributed by atoms with Crippen LogP contribution in [0.1, 0.15) is 38.1 Å². The molecule has 1 N–H and O–H groups in total. The van der Waals surface area contributed by atoms with Gasteiger partial charge in [0.25, 0.3) is 0 Å². The van der Waals surface area contributed by atoms with Crippen molar-refractivity contribution in [3.8, 4) is 0 Å². The molecule has 0 bridgehead atoms. The van der Waals surface area contributed by atoms with Crippen molar-refractivity contribution in [2.75, 3.05) is 5.32 Å². The fourth-order valence-electron chi connectivity index (χ4n) is 1.39. The monoisotopic (exact) mass is 271 g/mol. The Balaban J connectivity index is 3.01. The van der Waals surface area contributed by atoms with Gasteiger partial charge in [-0.05, 0) is 39.8 Å². The maximum atomic E-state index is 13.8. The van der Waals surface area contributed by atoms with Crippen LogP contribution in [0.3, 0.4) is 0 Å². The molecule has 4 nitrogen and oxygen atoms in total. The summed E-state index contributed by atoms with van der Waals surface area (Å²) >= 11 is 0. The number of halogens is 2. The Morgan fingerprint density at radius 2 is 1.79 bits per heavy atom. The maximum Gasteiger partial charge on any atom is 0.412 e. The first-order valence-corrected chi connectivity index (χ1v) is 5.61. The van der Waals surface area contributed by atoms with Gasteiger partial charge in [0.1, 0.15) is 11.4 Å². The van der Waals surface area contributed by atoms with Crippen LogP contribution in [-0.2, 0) is 4.74 Å². The van der Waals surface area contributed by atoms with Gasteiger partial charge in [-0.25, -0.2) is 13.6 Å². The second-order valence-electron chi connectivity index (χ2n) is 4.97. The summed E-state index contributed by atoms with van der Waals surface area (Å²) < 4.78 is 32.1. The minimum Gasteiger partial charge on any atom is -0.444 e. The van der Waals surface area contributed by atoms with Gasteiger partial charge >= 0.3 is 6.09 Å². The molecule has 1 aromatic rings. The third kappa shape index (κ3) is 4.01. The number of rotatable bonds is 2. The van der Waals surface area contributed by atoms with Gasteiger partial charge < -0.3 is 4.74 Å². The summed E-state index contributed by atoms with van der Waals surface area (Å²) in [5, 5.41) is 2.13. The number of amides is 1. The highest BCUT2D eigenvalue weighted by atomic mass is 19.1. The van der Waals surface area contributed by atoms with Crippen LogP contribution in [0.5, 0.6) is 0 Å². The molecule has 0 radical (unpaired) electrons. The number of ketones is 1. The molecule has 19 heavy (non-hydrogen) atoms. The zero-order valence-electron chi connectivity index (χ0n) is 11.1. The molecule has 0 aliphatic heterocycles. The normalized spacial score (nSPS) is 11.1. The lowest BCUT2D eigenvalue weighted by atomic mass is 10.1. The summed E-state index contributed by atoms with van der Waals surface area (Å²) in [6.45, 7) is 5.98. The van der Waals surface area contributed by atoms with Crippen LogP contribution in [0.2, 0.25) is 0 Å². The summed E-state index contributed by atoms with van der Waals surface area (Å²) in [7, 11) is 0. The van der Waals surface area contributed by atoms with E-state index in [1.54, 1.807) is 20.8 Å². The fourth-order valence-corrected chi connectivity index (χ4v) is 1.39. The van der Waals surface area contributed by atoms with E-state index in [-0.39, 0.29) is 5.69 Å². The standard InChI is InChI=1S/C13H15F2NO3/c1-7(17)10-8(14)5-6-9(11(10)15)16-12(18)19-13(2,3)4/h5-6H,1-4H3,(H,16,18). The van der Waals surface area contributed by atoms with Crippen LogP contribution < -0.4 is 5.32 Å². The van der Waals surface area contributed by atoms with Gasteiger partial charge in [0.15, 0.2) is 11.6 Å². The zero-order valence-corrected chi connectivity index (χ0v) is 11.1.